The number of benzene rings is 1. The van der Waals surface area contributed by atoms with Crippen LogP contribution >= 0.6 is 0 Å². The molecule has 126 valence electrons. The molecule has 0 radical (unpaired) electrons. The number of carbonyl (C=O) groups excluding carboxylic acids is 2. The molecule has 0 aliphatic heterocycles. The van der Waals surface area contributed by atoms with Gasteiger partial charge in [-0.05, 0) is 49.1 Å². The topological polar surface area (TPSA) is 86.9 Å². The number of hydrogen-bond acceptors (Lipinski definition) is 3. The third-order valence-electron chi connectivity index (χ3n) is 3.87. The lowest BCUT2D eigenvalue weighted by molar-refractivity contribution is -0.116. The second kappa shape index (κ2) is 6.86. The number of aromatic amines is 1. The Bertz CT molecular complexity index is 730. The van der Waals surface area contributed by atoms with Crippen molar-refractivity contribution in [2.75, 3.05) is 10.6 Å². The Hall–Kier alpha value is -2.63. The Morgan fingerprint density at radius 2 is 1.79 bits per heavy atom. The van der Waals surface area contributed by atoms with E-state index in [-0.39, 0.29) is 11.8 Å². The fourth-order valence-corrected chi connectivity index (χ4v) is 2.47. The van der Waals surface area contributed by atoms with E-state index in [0.29, 0.717) is 29.6 Å². The van der Waals surface area contributed by atoms with Crippen molar-refractivity contribution >= 4 is 23.2 Å². The standard InChI is InChI=1S/C18H22N4O2/c1-11(2)9-17(23)19-13-5-7-14(8-6-13)20-18(24)16-10-15(21-22-16)12-3-4-12/h5-8,10-12H,3-4,9H2,1-2H3,(H,19,23)(H,20,24)(H,21,22). The molecule has 0 atom stereocenters. The number of carbonyl (C=O) groups is 2. The molecular formula is C18H22N4O2. The van der Waals surface area contributed by atoms with Gasteiger partial charge in [0, 0.05) is 29.4 Å². The van der Waals surface area contributed by atoms with Crippen LogP contribution in [0.4, 0.5) is 11.4 Å². The molecule has 6 nitrogen and oxygen atoms in total. The third-order valence-corrected chi connectivity index (χ3v) is 3.87. The van der Waals surface area contributed by atoms with Crippen molar-refractivity contribution in [3.8, 4) is 0 Å². The lowest BCUT2D eigenvalue weighted by Crippen LogP contribution is -2.14. The van der Waals surface area contributed by atoms with Crippen LogP contribution < -0.4 is 10.6 Å². The zero-order valence-corrected chi connectivity index (χ0v) is 13.9. The number of aromatic nitrogens is 2. The molecule has 0 saturated heterocycles. The van der Waals surface area contributed by atoms with Crippen molar-refractivity contribution in [1.29, 1.82) is 0 Å². The Morgan fingerprint density at radius 3 is 2.38 bits per heavy atom. The van der Waals surface area contributed by atoms with E-state index < -0.39 is 0 Å². The molecule has 1 aromatic carbocycles. The minimum absolute atomic E-state index is 0.00841. The summed E-state index contributed by atoms with van der Waals surface area (Å²) in [7, 11) is 0. The summed E-state index contributed by atoms with van der Waals surface area (Å²) >= 11 is 0. The van der Waals surface area contributed by atoms with Crippen LogP contribution in [0.1, 0.15) is 55.2 Å². The Morgan fingerprint density at radius 1 is 1.17 bits per heavy atom. The van der Waals surface area contributed by atoms with Crippen LogP contribution in [0.3, 0.4) is 0 Å². The quantitative estimate of drug-likeness (QED) is 0.759. The lowest BCUT2D eigenvalue weighted by atomic mass is 10.1. The maximum atomic E-state index is 12.2. The highest BCUT2D eigenvalue weighted by Gasteiger charge is 2.26. The van der Waals surface area contributed by atoms with Crippen LogP contribution in [-0.2, 0) is 4.79 Å². The van der Waals surface area contributed by atoms with E-state index in [1.165, 1.54) is 0 Å². The summed E-state index contributed by atoms with van der Waals surface area (Å²) in [6.07, 6.45) is 2.81. The highest BCUT2D eigenvalue weighted by atomic mass is 16.2. The minimum atomic E-state index is -0.241. The number of nitrogens with one attached hydrogen (secondary N) is 3. The van der Waals surface area contributed by atoms with Crippen molar-refractivity contribution in [3.05, 3.63) is 41.7 Å². The van der Waals surface area contributed by atoms with Gasteiger partial charge in [0.05, 0.1) is 0 Å². The third kappa shape index (κ3) is 4.22. The van der Waals surface area contributed by atoms with Crippen LogP contribution in [0.15, 0.2) is 30.3 Å². The molecule has 0 bridgehead atoms. The number of nitrogens with zero attached hydrogens (tertiary/aromatic N) is 1. The summed E-state index contributed by atoms with van der Waals surface area (Å²) < 4.78 is 0. The molecule has 1 aromatic heterocycles. The van der Waals surface area contributed by atoms with Crippen LogP contribution in [0.5, 0.6) is 0 Å². The van der Waals surface area contributed by atoms with Crippen LogP contribution in [0.2, 0.25) is 0 Å². The Kier molecular flexibility index (Phi) is 4.64. The highest BCUT2D eigenvalue weighted by Crippen LogP contribution is 2.39. The van der Waals surface area contributed by atoms with Crippen molar-refractivity contribution in [3.63, 3.8) is 0 Å². The van der Waals surface area contributed by atoms with E-state index in [2.05, 4.69) is 20.8 Å². The molecule has 1 fully saturated rings. The highest BCUT2D eigenvalue weighted by molar-refractivity contribution is 6.03. The van der Waals surface area contributed by atoms with E-state index in [0.717, 1.165) is 24.2 Å². The molecule has 0 spiro atoms. The van der Waals surface area contributed by atoms with Gasteiger partial charge < -0.3 is 10.6 Å². The number of amides is 2. The van der Waals surface area contributed by atoms with Gasteiger partial charge in [-0.2, -0.15) is 5.10 Å². The molecule has 3 N–H and O–H groups in total. The van der Waals surface area contributed by atoms with Crippen molar-refractivity contribution in [2.45, 2.75) is 39.0 Å². The lowest BCUT2D eigenvalue weighted by Gasteiger charge is -2.08. The van der Waals surface area contributed by atoms with Gasteiger partial charge in [0.25, 0.3) is 5.91 Å². The number of anilines is 2. The molecule has 1 aliphatic rings. The van der Waals surface area contributed by atoms with E-state index in [1.54, 1.807) is 24.3 Å². The Labute approximate surface area is 141 Å². The molecule has 6 heteroatoms. The molecule has 2 amide bonds. The molecule has 1 heterocycles. The van der Waals surface area contributed by atoms with Gasteiger partial charge in [0.2, 0.25) is 5.91 Å². The first kappa shape index (κ1) is 16.2. The molecule has 3 rings (SSSR count). The van der Waals surface area contributed by atoms with E-state index in [4.69, 9.17) is 0 Å². The Balaban J connectivity index is 1.56. The first-order chi connectivity index (χ1) is 11.5. The smallest absolute Gasteiger partial charge is 0.276 e. The first-order valence-electron chi connectivity index (χ1n) is 8.28. The predicted molar refractivity (Wildman–Crippen MR) is 93.0 cm³/mol. The largest absolute Gasteiger partial charge is 0.326 e. The van der Waals surface area contributed by atoms with E-state index >= 15 is 0 Å². The van der Waals surface area contributed by atoms with Crippen molar-refractivity contribution in [1.82, 2.24) is 10.2 Å². The van der Waals surface area contributed by atoms with Gasteiger partial charge in [-0.25, -0.2) is 0 Å². The fourth-order valence-electron chi connectivity index (χ4n) is 2.47. The minimum Gasteiger partial charge on any atom is -0.326 e. The first-order valence-corrected chi connectivity index (χ1v) is 8.28. The second-order valence-electron chi connectivity index (χ2n) is 6.66. The van der Waals surface area contributed by atoms with Crippen LogP contribution in [0.25, 0.3) is 0 Å². The van der Waals surface area contributed by atoms with Gasteiger partial charge >= 0.3 is 0 Å². The molecule has 1 aliphatic carbocycles. The second-order valence-corrected chi connectivity index (χ2v) is 6.66. The summed E-state index contributed by atoms with van der Waals surface area (Å²) in [5.41, 5.74) is 2.81. The zero-order valence-electron chi connectivity index (χ0n) is 13.9. The molecule has 2 aromatic rings. The average Bonchev–Trinajstić information content (AvgIpc) is 3.25. The summed E-state index contributed by atoms with van der Waals surface area (Å²) in [6.45, 7) is 4.00. The van der Waals surface area contributed by atoms with Crippen LogP contribution in [-0.4, -0.2) is 22.0 Å². The summed E-state index contributed by atoms with van der Waals surface area (Å²) in [5.74, 6) is 0.603. The fraction of sp³-hybridized carbons (Fsp3) is 0.389. The van der Waals surface area contributed by atoms with Crippen molar-refractivity contribution in [2.24, 2.45) is 5.92 Å². The van der Waals surface area contributed by atoms with Gasteiger partial charge in [0.1, 0.15) is 0 Å². The van der Waals surface area contributed by atoms with E-state index in [1.807, 2.05) is 19.9 Å². The zero-order chi connectivity index (χ0) is 17.1. The average molecular weight is 326 g/mol. The SMILES string of the molecule is CC(C)CC(=O)Nc1ccc(NC(=O)c2cc(C3CC3)[nH]n2)cc1. The van der Waals surface area contributed by atoms with Gasteiger partial charge in [-0.15, -0.1) is 0 Å². The normalized spacial score (nSPS) is 13.8. The summed E-state index contributed by atoms with van der Waals surface area (Å²) in [5, 5.41) is 12.6. The van der Waals surface area contributed by atoms with Gasteiger partial charge in [-0.3, -0.25) is 14.7 Å². The maximum Gasteiger partial charge on any atom is 0.276 e. The molecule has 24 heavy (non-hydrogen) atoms. The number of hydrogen-bond donors (Lipinski definition) is 3. The van der Waals surface area contributed by atoms with E-state index in [9.17, 15) is 9.59 Å². The van der Waals surface area contributed by atoms with Crippen molar-refractivity contribution < 1.29 is 9.59 Å². The number of H-pyrrole nitrogens is 1. The summed E-state index contributed by atoms with van der Waals surface area (Å²) in [4.78, 5) is 23.9. The van der Waals surface area contributed by atoms with Crippen LogP contribution in [0, 0.1) is 5.92 Å². The maximum absolute atomic E-state index is 12.2. The monoisotopic (exact) mass is 326 g/mol. The number of rotatable bonds is 6. The molecule has 1 saturated carbocycles. The molecule has 0 unspecified atom stereocenters. The predicted octanol–water partition coefficient (Wildman–Crippen LogP) is 3.52. The summed E-state index contributed by atoms with van der Waals surface area (Å²) in [6, 6.07) is 8.88. The molecular weight excluding hydrogens is 304 g/mol. The van der Waals surface area contributed by atoms with Gasteiger partial charge in [0.15, 0.2) is 5.69 Å². The van der Waals surface area contributed by atoms with Gasteiger partial charge in [-0.1, -0.05) is 13.8 Å².